The van der Waals surface area contributed by atoms with Crippen LogP contribution in [0.5, 0.6) is 0 Å². The van der Waals surface area contributed by atoms with Crippen molar-refractivity contribution in [2.45, 2.75) is 37.8 Å². The van der Waals surface area contributed by atoms with Crippen LogP contribution in [0.4, 0.5) is 5.69 Å². The number of non-ortho nitro benzene ring substituents is 1. The minimum absolute atomic E-state index is 0.111. The van der Waals surface area contributed by atoms with Crippen molar-refractivity contribution in [2.75, 3.05) is 7.05 Å². The first-order valence-electron chi connectivity index (χ1n) is 6.92. The van der Waals surface area contributed by atoms with E-state index >= 15 is 0 Å². The van der Waals surface area contributed by atoms with Crippen LogP contribution in [0, 0.1) is 10.1 Å². The Labute approximate surface area is 128 Å². The van der Waals surface area contributed by atoms with Gasteiger partial charge in [-0.25, -0.2) is 0 Å². The van der Waals surface area contributed by atoms with Crippen molar-refractivity contribution in [3.05, 3.63) is 38.9 Å². The molecular weight excluding hydrogens is 294 g/mol. The normalized spacial score (nSPS) is 21.8. The fourth-order valence-electron chi connectivity index (χ4n) is 2.61. The minimum Gasteiger partial charge on any atom is -0.349 e. The van der Waals surface area contributed by atoms with Crippen molar-refractivity contribution in [3.63, 3.8) is 0 Å². The van der Waals surface area contributed by atoms with E-state index in [4.69, 9.17) is 11.6 Å². The van der Waals surface area contributed by atoms with Gasteiger partial charge in [0.15, 0.2) is 0 Å². The average molecular weight is 312 g/mol. The Morgan fingerprint density at radius 1 is 1.24 bits per heavy atom. The summed E-state index contributed by atoms with van der Waals surface area (Å²) in [6.07, 6.45) is 3.83. The standard InChI is InChI=1S/C14H18ClN3O3/c1-16-11-2-4-12(5-3-11)17-14(19)9-6-10(15)8-13(7-9)18(20)21/h6-8,11-12,16H,2-5H2,1H3,(H,17,19). The number of nitro benzene ring substituents is 1. The number of halogens is 1. The highest BCUT2D eigenvalue weighted by atomic mass is 35.5. The van der Waals surface area contributed by atoms with Gasteiger partial charge in [-0.05, 0) is 38.8 Å². The number of carbonyl (C=O) groups excluding carboxylic acids is 1. The van der Waals surface area contributed by atoms with Gasteiger partial charge in [0, 0.05) is 34.8 Å². The smallest absolute Gasteiger partial charge is 0.271 e. The molecule has 0 saturated heterocycles. The molecule has 21 heavy (non-hydrogen) atoms. The van der Waals surface area contributed by atoms with Crippen LogP contribution in [0.2, 0.25) is 5.02 Å². The van der Waals surface area contributed by atoms with Gasteiger partial charge in [-0.1, -0.05) is 11.6 Å². The fraction of sp³-hybridized carbons (Fsp3) is 0.500. The molecule has 1 aliphatic carbocycles. The van der Waals surface area contributed by atoms with Gasteiger partial charge in [0.2, 0.25) is 0 Å². The maximum absolute atomic E-state index is 12.2. The molecule has 2 rings (SSSR count). The number of benzene rings is 1. The first-order chi connectivity index (χ1) is 9.99. The van der Waals surface area contributed by atoms with Gasteiger partial charge < -0.3 is 10.6 Å². The van der Waals surface area contributed by atoms with Crippen LogP contribution in [0.25, 0.3) is 0 Å². The van der Waals surface area contributed by atoms with Crippen molar-refractivity contribution >= 4 is 23.2 Å². The van der Waals surface area contributed by atoms with E-state index in [-0.39, 0.29) is 28.2 Å². The molecule has 1 aromatic rings. The Bertz CT molecular complexity index is 542. The molecule has 1 aliphatic rings. The zero-order valence-corrected chi connectivity index (χ0v) is 12.5. The van der Waals surface area contributed by atoms with Gasteiger partial charge >= 0.3 is 0 Å². The second-order valence-electron chi connectivity index (χ2n) is 5.27. The molecule has 2 N–H and O–H groups in total. The molecule has 0 bridgehead atoms. The van der Waals surface area contributed by atoms with Crippen LogP contribution >= 0.6 is 11.6 Å². The molecule has 114 valence electrons. The van der Waals surface area contributed by atoms with Crippen LogP contribution in [0.1, 0.15) is 36.0 Å². The summed E-state index contributed by atoms with van der Waals surface area (Å²) < 4.78 is 0. The minimum atomic E-state index is -0.555. The van der Waals surface area contributed by atoms with Gasteiger partial charge in [-0.15, -0.1) is 0 Å². The molecule has 6 nitrogen and oxygen atoms in total. The number of nitro groups is 1. The summed E-state index contributed by atoms with van der Waals surface area (Å²) in [5.41, 5.74) is 0.0523. The van der Waals surface area contributed by atoms with E-state index in [1.807, 2.05) is 7.05 Å². The first-order valence-corrected chi connectivity index (χ1v) is 7.30. The Kier molecular flexibility index (Phi) is 5.14. The third-order valence-electron chi connectivity index (χ3n) is 3.83. The predicted molar refractivity (Wildman–Crippen MR) is 80.7 cm³/mol. The summed E-state index contributed by atoms with van der Waals surface area (Å²) in [6.45, 7) is 0. The largest absolute Gasteiger partial charge is 0.349 e. The molecule has 1 amide bonds. The van der Waals surface area contributed by atoms with Crippen molar-refractivity contribution in [1.29, 1.82) is 0 Å². The number of amides is 1. The zero-order chi connectivity index (χ0) is 15.4. The molecule has 0 aliphatic heterocycles. The Morgan fingerprint density at radius 3 is 2.43 bits per heavy atom. The average Bonchev–Trinajstić information content (AvgIpc) is 2.47. The number of carbonyl (C=O) groups is 1. The summed E-state index contributed by atoms with van der Waals surface area (Å²) in [4.78, 5) is 22.4. The van der Waals surface area contributed by atoms with E-state index < -0.39 is 4.92 Å². The highest BCUT2D eigenvalue weighted by molar-refractivity contribution is 6.31. The number of rotatable bonds is 4. The van der Waals surface area contributed by atoms with Crippen LogP contribution in [0.3, 0.4) is 0 Å². The summed E-state index contributed by atoms with van der Waals surface area (Å²) >= 11 is 5.83. The van der Waals surface area contributed by atoms with E-state index in [0.29, 0.717) is 6.04 Å². The van der Waals surface area contributed by atoms with Crippen molar-refractivity contribution in [1.82, 2.24) is 10.6 Å². The summed E-state index contributed by atoms with van der Waals surface area (Å²) in [5.74, 6) is -0.312. The third kappa shape index (κ3) is 4.15. The maximum atomic E-state index is 12.2. The lowest BCUT2D eigenvalue weighted by molar-refractivity contribution is -0.384. The summed E-state index contributed by atoms with van der Waals surface area (Å²) in [6, 6.07) is 4.55. The molecular formula is C14H18ClN3O3. The molecule has 0 atom stereocenters. The molecule has 1 aromatic carbocycles. The topological polar surface area (TPSA) is 84.3 Å². The number of nitrogens with zero attached hydrogens (tertiary/aromatic N) is 1. The molecule has 0 heterocycles. The fourth-order valence-corrected chi connectivity index (χ4v) is 2.84. The Morgan fingerprint density at radius 2 is 1.86 bits per heavy atom. The summed E-state index contributed by atoms with van der Waals surface area (Å²) in [7, 11) is 1.94. The van der Waals surface area contributed by atoms with Gasteiger partial charge in [-0.3, -0.25) is 14.9 Å². The van der Waals surface area contributed by atoms with Crippen LogP contribution in [0.15, 0.2) is 18.2 Å². The van der Waals surface area contributed by atoms with Gasteiger partial charge in [0.05, 0.1) is 4.92 Å². The van der Waals surface area contributed by atoms with Gasteiger partial charge in [0.1, 0.15) is 0 Å². The first kappa shape index (κ1) is 15.7. The summed E-state index contributed by atoms with van der Waals surface area (Å²) in [5, 5.41) is 17.1. The van der Waals surface area contributed by atoms with Gasteiger partial charge in [0.25, 0.3) is 11.6 Å². The van der Waals surface area contributed by atoms with Crippen molar-refractivity contribution in [3.8, 4) is 0 Å². The Balaban J connectivity index is 2.02. The molecule has 0 radical (unpaired) electrons. The number of hydrogen-bond acceptors (Lipinski definition) is 4. The lowest BCUT2D eigenvalue weighted by Gasteiger charge is -2.28. The molecule has 0 spiro atoms. The second-order valence-corrected chi connectivity index (χ2v) is 5.70. The van der Waals surface area contributed by atoms with E-state index in [2.05, 4.69) is 10.6 Å². The number of nitrogens with one attached hydrogen (secondary N) is 2. The Hall–Kier alpha value is -1.66. The lowest BCUT2D eigenvalue weighted by atomic mass is 9.91. The monoisotopic (exact) mass is 311 g/mol. The van der Waals surface area contributed by atoms with Crippen LogP contribution in [-0.2, 0) is 0 Å². The van der Waals surface area contributed by atoms with E-state index in [1.54, 1.807) is 0 Å². The number of hydrogen-bond donors (Lipinski definition) is 2. The lowest BCUT2D eigenvalue weighted by Crippen LogP contribution is -2.41. The van der Waals surface area contributed by atoms with Gasteiger partial charge in [-0.2, -0.15) is 0 Å². The predicted octanol–water partition coefficient (Wildman–Crippen LogP) is 2.51. The maximum Gasteiger partial charge on any atom is 0.271 e. The molecule has 1 fully saturated rings. The molecule has 0 unspecified atom stereocenters. The SMILES string of the molecule is CNC1CCC(NC(=O)c2cc(Cl)cc([N+](=O)[O-])c2)CC1. The second kappa shape index (κ2) is 6.87. The van der Waals surface area contributed by atoms with Crippen LogP contribution in [-0.4, -0.2) is 30.0 Å². The van der Waals surface area contributed by atoms with Crippen molar-refractivity contribution in [2.24, 2.45) is 0 Å². The molecule has 7 heteroatoms. The zero-order valence-electron chi connectivity index (χ0n) is 11.8. The van der Waals surface area contributed by atoms with E-state index in [1.165, 1.54) is 18.2 Å². The van der Waals surface area contributed by atoms with Crippen molar-refractivity contribution < 1.29 is 9.72 Å². The van der Waals surface area contributed by atoms with E-state index in [9.17, 15) is 14.9 Å². The highest BCUT2D eigenvalue weighted by Crippen LogP contribution is 2.22. The highest BCUT2D eigenvalue weighted by Gasteiger charge is 2.22. The molecule has 1 saturated carbocycles. The molecule has 0 aromatic heterocycles. The van der Waals surface area contributed by atoms with Crippen LogP contribution < -0.4 is 10.6 Å². The quantitative estimate of drug-likeness (QED) is 0.661. The van der Waals surface area contributed by atoms with E-state index in [0.717, 1.165) is 25.7 Å². The third-order valence-corrected chi connectivity index (χ3v) is 4.04.